The number of carbonyl (C=O) groups excluding carboxylic acids is 2. The number of piperidine rings is 1. The largest absolute Gasteiger partial charge is 0.493 e. The summed E-state index contributed by atoms with van der Waals surface area (Å²) in [7, 11) is 4.94. The van der Waals surface area contributed by atoms with Crippen molar-refractivity contribution in [2.75, 3.05) is 56.1 Å². The molecule has 52 heavy (non-hydrogen) atoms. The molecule has 0 atom stereocenters. The molecule has 1 aliphatic heterocycles. The van der Waals surface area contributed by atoms with Gasteiger partial charge in [-0.15, -0.1) is 0 Å². The van der Waals surface area contributed by atoms with Gasteiger partial charge in [-0.3, -0.25) is 4.98 Å². The van der Waals surface area contributed by atoms with Crippen LogP contribution in [0.4, 0.5) is 35.0 Å². The van der Waals surface area contributed by atoms with Gasteiger partial charge in [0.25, 0.3) is 0 Å². The molecular weight excluding hydrogens is 696 g/mol. The van der Waals surface area contributed by atoms with Gasteiger partial charge in [0, 0.05) is 66.3 Å². The van der Waals surface area contributed by atoms with Gasteiger partial charge in [-0.05, 0) is 75.0 Å². The van der Waals surface area contributed by atoms with Crippen molar-refractivity contribution in [2.24, 2.45) is 0 Å². The first-order chi connectivity index (χ1) is 25.0. The molecule has 0 bridgehead atoms. The molecule has 1 aliphatic rings. The van der Waals surface area contributed by atoms with Crippen LogP contribution >= 0.6 is 12.6 Å². The summed E-state index contributed by atoms with van der Waals surface area (Å²) in [5.41, 5.74) is 1.17. The fraction of sp³-hybridized carbons (Fsp3) is 0.395. The molecule has 1 fully saturated rings. The van der Waals surface area contributed by atoms with Crippen LogP contribution in [0.1, 0.15) is 51.2 Å². The fourth-order valence-corrected chi connectivity index (χ4v) is 5.26. The van der Waals surface area contributed by atoms with Crippen molar-refractivity contribution in [3.05, 3.63) is 71.9 Å². The molecule has 284 valence electrons. The van der Waals surface area contributed by atoms with Crippen LogP contribution in [-0.4, -0.2) is 64.0 Å². The lowest BCUT2D eigenvalue weighted by atomic mass is 10.0. The number of hydrogen-bond donors (Lipinski definition) is 4. The maximum Gasteiger partial charge on any atom is 0.418 e. The molecule has 0 aliphatic carbocycles. The molecule has 5 rings (SSSR count). The van der Waals surface area contributed by atoms with E-state index >= 15 is 0 Å². The lowest BCUT2D eigenvalue weighted by Gasteiger charge is -2.35. The fourth-order valence-electron chi connectivity index (χ4n) is 5.26. The number of aromatic nitrogens is 1. The van der Waals surface area contributed by atoms with Gasteiger partial charge in [0.05, 0.1) is 25.3 Å². The number of alkyl halides is 3. The summed E-state index contributed by atoms with van der Waals surface area (Å²) in [6.07, 6.45) is 1.73. The van der Waals surface area contributed by atoms with E-state index in [-0.39, 0.29) is 17.4 Å². The summed E-state index contributed by atoms with van der Waals surface area (Å²) in [6.45, 7) is 8.69. The molecule has 3 N–H and O–H groups in total. The minimum absolute atomic E-state index is 0.0277. The second-order valence-electron chi connectivity index (χ2n) is 11.0. The maximum absolute atomic E-state index is 14.1. The Morgan fingerprint density at radius 1 is 0.923 bits per heavy atom. The highest BCUT2D eigenvalue weighted by Crippen LogP contribution is 2.40. The average Bonchev–Trinajstić information content (AvgIpc) is 3.17. The Morgan fingerprint density at radius 2 is 1.50 bits per heavy atom. The Bertz CT molecular complexity index is 1730. The van der Waals surface area contributed by atoms with Crippen molar-refractivity contribution < 1.29 is 37.0 Å². The van der Waals surface area contributed by atoms with Crippen LogP contribution in [-0.2, 0) is 11.0 Å². The highest BCUT2D eigenvalue weighted by atomic mass is 32.1. The summed E-state index contributed by atoms with van der Waals surface area (Å²) in [5, 5.41) is 9.08. The van der Waals surface area contributed by atoms with Crippen molar-refractivity contribution in [2.45, 2.75) is 59.2 Å². The number of fused-ring (bicyclic) bond motifs is 1. The van der Waals surface area contributed by atoms with Crippen molar-refractivity contribution in [3.63, 3.8) is 0 Å². The first kappa shape index (κ1) is 43.5. The topological polar surface area (TPSA) is 114 Å². The zero-order valence-electron chi connectivity index (χ0n) is 31.0. The molecular formula is C38H50F3N5O5S. The zero-order valence-corrected chi connectivity index (χ0v) is 31.9. The Balaban J connectivity index is 0.00000108. The number of nitrogens with one attached hydrogen (secondary N) is 3. The summed E-state index contributed by atoms with van der Waals surface area (Å²) in [6, 6.07) is 13.8. The lowest BCUT2D eigenvalue weighted by molar-refractivity contribution is -0.137. The highest BCUT2D eigenvalue weighted by Gasteiger charge is 2.36. The SMILES string of the molecule is CC.CCC=O.CNC1CCN(c2ccc(NC(=O)Nc3ccc(C)c(Oc4ccnc5cc(OC)c(OC)cc45)c3)cc2C(F)(F)F)CC1.CS. The molecule has 0 spiro atoms. The van der Waals surface area contributed by atoms with Gasteiger partial charge < -0.3 is 39.9 Å². The smallest absolute Gasteiger partial charge is 0.418 e. The Kier molecular flexibility index (Phi) is 18.1. The standard InChI is InChI=1S/C32H34F3N5O4.C3H6O.C2H6.CH4S/c1-19-5-6-22(16-28(19)44-27-9-12-37-25-18-30(43-4)29(42-3)17-23(25)27)39-31(41)38-21-7-8-26(24(15-21)32(33,34)35)40-13-10-20(36-2)11-14-40;1-2-3-4;2*1-2/h5-9,12,15-18,20,36H,10-11,13-14H2,1-4H3,(H2,38,39,41);3H,2H2,1H3;1-2H3;2H,1H3. The van der Waals surface area contributed by atoms with E-state index in [1.54, 1.807) is 60.9 Å². The number of benzene rings is 3. The van der Waals surface area contributed by atoms with Crippen LogP contribution in [0.2, 0.25) is 0 Å². The molecule has 14 heteroatoms. The molecule has 3 aromatic carbocycles. The number of halogens is 3. The number of methoxy groups -OCH3 is 2. The maximum atomic E-state index is 14.1. The number of aldehydes is 1. The van der Waals surface area contributed by atoms with Crippen LogP contribution in [0, 0.1) is 6.92 Å². The second kappa shape index (κ2) is 21.6. The average molecular weight is 746 g/mol. The van der Waals surface area contributed by atoms with Gasteiger partial charge >= 0.3 is 12.2 Å². The Hall–Kier alpha value is -4.69. The van der Waals surface area contributed by atoms with Gasteiger partial charge in [0.1, 0.15) is 17.8 Å². The number of amides is 2. The second-order valence-corrected chi connectivity index (χ2v) is 11.0. The quantitative estimate of drug-likeness (QED) is 0.0991. The molecule has 1 saturated heterocycles. The number of hydrogen-bond acceptors (Lipinski definition) is 9. The van der Waals surface area contributed by atoms with E-state index in [1.165, 1.54) is 19.2 Å². The van der Waals surface area contributed by atoms with Crippen molar-refractivity contribution in [1.82, 2.24) is 10.3 Å². The number of urea groups is 1. The molecule has 4 aromatic rings. The van der Waals surface area contributed by atoms with Gasteiger partial charge in [-0.25, -0.2) is 4.79 Å². The van der Waals surface area contributed by atoms with Gasteiger partial charge in [-0.1, -0.05) is 26.8 Å². The number of nitrogens with zero attached hydrogens (tertiary/aromatic N) is 2. The van der Waals surface area contributed by atoms with Crippen molar-refractivity contribution in [1.29, 1.82) is 0 Å². The van der Waals surface area contributed by atoms with E-state index in [4.69, 9.17) is 14.2 Å². The number of rotatable bonds is 9. The van der Waals surface area contributed by atoms with E-state index < -0.39 is 17.8 Å². The first-order valence-corrected chi connectivity index (χ1v) is 17.8. The number of anilines is 3. The minimum atomic E-state index is -4.58. The van der Waals surface area contributed by atoms with Crippen LogP contribution in [0.5, 0.6) is 23.0 Å². The molecule has 2 amide bonds. The molecule has 2 heterocycles. The van der Waals surface area contributed by atoms with Crippen LogP contribution in [0.3, 0.4) is 0 Å². The number of thiol groups is 1. The number of ether oxygens (including phenoxy) is 3. The predicted octanol–water partition coefficient (Wildman–Crippen LogP) is 9.37. The van der Waals surface area contributed by atoms with E-state index in [0.29, 0.717) is 59.1 Å². The summed E-state index contributed by atoms with van der Waals surface area (Å²) >= 11 is 3.53. The van der Waals surface area contributed by atoms with Crippen molar-refractivity contribution in [3.8, 4) is 23.0 Å². The third-order valence-electron chi connectivity index (χ3n) is 7.84. The van der Waals surface area contributed by atoms with E-state index in [1.807, 2.05) is 34.7 Å². The lowest BCUT2D eigenvalue weighted by Crippen LogP contribution is -2.41. The van der Waals surface area contributed by atoms with Crippen LogP contribution in [0.25, 0.3) is 10.9 Å². The van der Waals surface area contributed by atoms with Gasteiger partial charge in [0.15, 0.2) is 11.5 Å². The minimum Gasteiger partial charge on any atom is -0.493 e. The summed E-state index contributed by atoms with van der Waals surface area (Å²) < 4.78 is 59.2. The number of pyridine rings is 1. The summed E-state index contributed by atoms with van der Waals surface area (Å²) in [5.74, 6) is 2.03. The molecule has 1 aromatic heterocycles. The van der Waals surface area contributed by atoms with Crippen LogP contribution in [0.15, 0.2) is 60.8 Å². The monoisotopic (exact) mass is 745 g/mol. The van der Waals surface area contributed by atoms with Crippen molar-refractivity contribution >= 4 is 52.9 Å². The Labute approximate surface area is 309 Å². The third kappa shape index (κ3) is 11.9. The molecule has 0 saturated carbocycles. The Morgan fingerprint density at radius 3 is 2.06 bits per heavy atom. The van der Waals surface area contributed by atoms with Gasteiger partial charge in [0.2, 0.25) is 0 Å². The number of aryl methyl sites for hydroxylation is 1. The van der Waals surface area contributed by atoms with E-state index in [2.05, 4.69) is 33.6 Å². The van der Waals surface area contributed by atoms with Gasteiger partial charge in [-0.2, -0.15) is 25.8 Å². The first-order valence-electron chi connectivity index (χ1n) is 16.9. The summed E-state index contributed by atoms with van der Waals surface area (Å²) in [4.78, 5) is 28.2. The van der Waals surface area contributed by atoms with Crippen LogP contribution < -0.4 is 35.1 Å². The molecule has 10 nitrogen and oxygen atoms in total. The number of carbonyl (C=O) groups is 2. The van der Waals surface area contributed by atoms with E-state index in [9.17, 15) is 22.8 Å². The molecule has 0 unspecified atom stereocenters. The normalized spacial score (nSPS) is 12.5. The molecule has 0 radical (unpaired) electrons. The zero-order chi connectivity index (χ0) is 38.8. The third-order valence-corrected chi connectivity index (χ3v) is 7.84. The predicted molar refractivity (Wildman–Crippen MR) is 207 cm³/mol. The highest BCUT2D eigenvalue weighted by molar-refractivity contribution is 7.79. The van der Waals surface area contributed by atoms with E-state index in [0.717, 1.165) is 30.8 Å².